The van der Waals surface area contributed by atoms with Crippen LogP contribution in [0.5, 0.6) is 5.75 Å². The number of hydrogen-bond donors (Lipinski definition) is 0. The van der Waals surface area contributed by atoms with Crippen LogP contribution in [-0.4, -0.2) is 13.3 Å². The first kappa shape index (κ1) is 15.7. The quantitative estimate of drug-likeness (QED) is 0.322. The summed E-state index contributed by atoms with van der Waals surface area (Å²) in [5.74, 6) is -0.111. The molecule has 8 heteroatoms. The van der Waals surface area contributed by atoms with Crippen molar-refractivity contribution in [2.75, 3.05) is 0 Å². The van der Waals surface area contributed by atoms with E-state index in [1.165, 1.54) is 24.3 Å². The zero-order valence-corrected chi connectivity index (χ0v) is 13.6. The number of halogens is 1. The van der Waals surface area contributed by atoms with Crippen LogP contribution in [-0.2, 0) is 15.9 Å². The minimum atomic E-state index is -3.81. The Bertz CT molecular complexity index is 758. The van der Waals surface area contributed by atoms with Gasteiger partial charge in [-0.1, -0.05) is 18.2 Å². The van der Waals surface area contributed by atoms with Crippen LogP contribution in [0.4, 0.5) is 5.69 Å². The molecule has 0 saturated carbocycles. The van der Waals surface area contributed by atoms with E-state index in [1.54, 1.807) is 18.2 Å². The van der Waals surface area contributed by atoms with Gasteiger partial charge in [-0.05, 0) is 46.4 Å². The molecule has 0 fully saturated rings. The molecule has 2 rings (SSSR count). The van der Waals surface area contributed by atoms with Crippen molar-refractivity contribution in [1.82, 2.24) is 0 Å². The van der Waals surface area contributed by atoms with Crippen molar-refractivity contribution in [3.8, 4) is 5.75 Å². The Labute approximate surface area is 135 Å². The molecule has 0 unspecified atom stereocenters. The number of nitro groups is 1. The van der Waals surface area contributed by atoms with Crippen LogP contribution in [0.2, 0.25) is 0 Å². The van der Waals surface area contributed by atoms with E-state index >= 15 is 0 Å². The third-order valence-corrected chi connectivity index (χ3v) is 4.31. The van der Waals surface area contributed by atoms with Gasteiger partial charge in [0.05, 0.1) is 4.92 Å². The van der Waals surface area contributed by atoms with Crippen molar-refractivity contribution >= 4 is 38.4 Å². The van der Waals surface area contributed by atoms with Crippen LogP contribution in [0.25, 0.3) is 0 Å². The van der Waals surface area contributed by atoms with Gasteiger partial charge in [-0.15, -0.1) is 0 Å². The van der Waals surface area contributed by atoms with Gasteiger partial charge in [0.15, 0.2) is 0 Å². The zero-order valence-electron chi connectivity index (χ0n) is 10.6. The maximum atomic E-state index is 11.9. The molecule has 0 N–H and O–H groups in total. The fraction of sp³-hybridized carbons (Fsp3) is 0.0769. The Morgan fingerprint density at radius 3 is 2.38 bits per heavy atom. The van der Waals surface area contributed by atoms with E-state index < -0.39 is 15.0 Å². The first-order valence-electron chi connectivity index (χ1n) is 5.77. The maximum absolute atomic E-state index is 11.9. The predicted octanol–water partition coefficient (Wildman–Crippen LogP) is 3.11. The lowest BCUT2D eigenvalue weighted by Crippen LogP contribution is -2.12. The largest absolute Gasteiger partial charge is 0.382 e. The fourth-order valence-corrected chi connectivity index (χ4v) is 3.18. The molecule has 110 valence electrons. The molecule has 0 amide bonds. The van der Waals surface area contributed by atoms with E-state index in [2.05, 4.69) is 22.6 Å². The molecule has 0 atom stereocenters. The highest BCUT2D eigenvalue weighted by molar-refractivity contribution is 14.1. The van der Waals surface area contributed by atoms with Crippen molar-refractivity contribution in [1.29, 1.82) is 0 Å². The van der Waals surface area contributed by atoms with Crippen LogP contribution in [0.1, 0.15) is 5.56 Å². The molecule has 0 spiro atoms. The van der Waals surface area contributed by atoms with Crippen molar-refractivity contribution in [2.24, 2.45) is 0 Å². The molecule has 2 aromatic rings. The first-order chi connectivity index (χ1) is 9.85. The molecule has 21 heavy (non-hydrogen) atoms. The van der Waals surface area contributed by atoms with Gasteiger partial charge in [0.1, 0.15) is 11.5 Å². The summed E-state index contributed by atoms with van der Waals surface area (Å²) < 4.78 is 29.7. The smallest absolute Gasteiger partial charge is 0.313 e. The lowest BCUT2D eigenvalue weighted by Gasteiger charge is -2.07. The van der Waals surface area contributed by atoms with E-state index in [4.69, 9.17) is 4.18 Å². The summed E-state index contributed by atoms with van der Waals surface area (Å²) in [7, 11) is -3.81. The number of rotatable bonds is 5. The highest BCUT2D eigenvalue weighted by Gasteiger charge is 2.15. The van der Waals surface area contributed by atoms with Crippen LogP contribution in [0.15, 0.2) is 48.5 Å². The number of non-ortho nitro benzene ring substituents is 1. The Balaban J connectivity index is 2.12. The van der Waals surface area contributed by atoms with E-state index in [0.29, 0.717) is 5.56 Å². The minimum Gasteiger partial charge on any atom is -0.382 e. The monoisotopic (exact) mass is 419 g/mol. The van der Waals surface area contributed by atoms with Crippen LogP contribution < -0.4 is 4.18 Å². The molecule has 0 heterocycles. The highest BCUT2D eigenvalue weighted by Crippen LogP contribution is 2.19. The van der Waals surface area contributed by atoms with Crippen LogP contribution in [0, 0.1) is 13.7 Å². The van der Waals surface area contributed by atoms with Gasteiger partial charge in [0.25, 0.3) is 5.69 Å². The molecule has 0 radical (unpaired) electrons. The van der Waals surface area contributed by atoms with Crippen molar-refractivity contribution in [3.63, 3.8) is 0 Å². The molecule has 0 aliphatic carbocycles. The molecule has 6 nitrogen and oxygen atoms in total. The van der Waals surface area contributed by atoms with Gasteiger partial charge in [0, 0.05) is 15.7 Å². The molecule has 0 bridgehead atoms. The van der Waals surface area contributed by atoms with Crippen LogP contribution in [0.3, 0.4) is 0 Å². The number of nitrogens with zero attached hydrogens (tertiary/aromatic N) is 1. The van der Waals surface area contributed by atoms with E-state index in [1.807, 2.05) is 6.07 Å². The van der Waals surface area contributed by atoms with Crippen molar-refractivity contribution in [3.05, 3.63) is 67.8 Å². The summed E-state index contributed by atoms with van der Waals surface area (Å²) in [4.78, 5) is 9.99. The van der Waals surface area contributed by atoms with Crippen LogP contribution >= 0.6 is 22.6 Å². The highest BCUT2D eigenvalue weighted by atomic mass is 127. The minimum absolute atomic E-state index is 0.0883. The molecule has 0 aromatic heterocycles. The third kappa shape index (κ3) is 4.67. The topological polar surface area (TPSA) is 86.5 Å². The molecule has 0 aliphatic rings. The molecule has 0 saturated heterocycles. The first-order valence-corrected chi connectivity index (χ1v) is 8.42. The number of hydrogen-bond acceptors (Lipinski definition) is 5. The van der Waals surface area contributed by atoms with Gasteiger partial charge in [-0.2, -0.15) is 8.42 Å². The van der Waals surface area contributed by atoms with Gasteiger partial charge < -0.3 is 4.18 Å². The molecule has 2 aromatic carbocycles. The second-order valence-corrected chi connectivity index (χ2v) is 6.98. The Kier molecular flexibility index (Phi) is 4.78. The summed E-state index contributed by atoms with van der Waals surface area (Å²) in [6.45, 7) is 0. The summed E-state index contributed by atoms with van der Waals surface area (Å²) >= 11 is 2.05. The molecular weight excluding hydrogens is 409 g/mol. The van der Waals surface area contributed by atoms with Crippen molar-refractivity contribution in [2.45, 2.75) is 5.75 Å². The van der Waals surface area contributed by atoms with Gasteiger partial charge in [0.2, 0.25) is 0 Å². The SMILES string of the molecule is O=[N+]([O-])c1ccc(CS(=O)(=O)Oc2cccc(I)c2)cc1. The summed E-state index contributed by atoms with van der Waals surface area (Å²) in [6.07, 6.45) is 0. The summed E-state index contributed by atoms with van der Waals surface area (Å²) in [5.41, 5.74) is 0.334. The Morgan fingerprint density at radius 2 is 1.81 bits per heavy atom. The van der Waals surface area contributed by atoms with E-state index in [0.717, 1.165) is 3.57 Å². The standard InChI is InChI=1S/C13H10INO5S/c14-11-2-1-3-13(8-11)20-21(18,19)9-10-4-6-12(7-5-10)15(16)17/h1-8H,9H2. The summed E-state index contributed by atoms with van der Waals surface area (Å²) in [5, 5.41) is 10.5. The van der Waals surface area contributed by atoms with E-state index in [-0.39, 0.29) is 17.2 Å². The lowest BCUT2D eigenvalue weighted by atomic mass is 10.2. The fourth-order valence-electron chi connectivity index (χ4n) is 1.61. The third-order valence-electron chi connectivity index (χ3n) is 2.51. The summed E-state index contributed by atoms with van der Waals surface area (Å²) in [6, 6.07) is 12.0. The second kappa shape index (κ2) is 6.39. The molecule has 0 aliphatic heterocycles. The lowest BCUT2D eigenvalue weighted by molar-refractivity contribution is -0.384. The molecular formula is C13H10INO5S. The average Bonchev–Trinajstić information content (AvgIpc) is 2.38. The Morgan fingerprint density at radius 1 is 1.14 bits per heavy atom. The number of benzene rings is 2. The number of nitro benzene ring substituents is 1. The normalized spacial score (nSPS) is 11.1. The average molecular weight is 419 g/mol. The predicted molar refractivity (Wildman–Crippen MR) is 85.5 cm³/mol. The van der Waals surface area contributed by atoms with Crippen molar-refractivity contribution < 1.29 is 17.5 Å². The van der Waals surface area contributed by atoms with Gasteiger partial charge in [-0.25, -0.2) is 0 Å². The Hall–Kier alpha value is -1.68. The van der Waals surface area contributed by atoms with E-state index in [9.17, 15) is 18.5 Å². The second-order valence-electron chi connectivity index (χ2n) is 4.17. The maximum Gasteiger partial charge on any atom is 0.313 e. The van der Waals surface area contributed by atoms with Gasteiger partial charge >= 0.3 is 10.1 Å². The zero-order chi connectivity index (χ0) is 15.5. The van der Waals surface area contributed by atoms with Gasteiger partial charge in [-0.3, -0.25) is 10.1 Å².